The lowest BCUT2D eigenvalue weighted by Crippen LogP contribution is -2.07. The smallest absolute Gasteiger partial charge is 0.311 e. The Morgan fingerprint density at radius 2 is 1.21 bits per heavy atom. The molecular formula is C28H45FO4. The highest BCUT2D eigenvalue weighted by molar-refractivity contribution is 5.72. The molecule has 0 amide bonds. The van der Waals surface area contributed by atoms with E-state index in [0.717, 1.165) is 51.4 Å². The highest BCUT2D eigenvalue weighted by atomic mass is 19.1. The van der Waals surface area contributed by atoms with Crippen molar-refractivity contribution in [1.29, 1.82) is 0 Å². The third kappa shape index (κ3) is 18.2. The Bertz CT molecular complexity index is 632. The lowest BCUT2D eigenvalue weighted by molar-refractivity contribution is -0.144. The first-order valence-electron chi connectivity index (χ1n) is 13.2. The number of carbonyl (C=O) groups excluding carboxylic acids is 2. The van der Waals surface area contributed by atoms with Gasteiger partial charge in [0, 0.05) is 18.9 Å². The second kappa shape index (κ2) is 20.7. The van der Waals surface area contributed by atoms with Crippen LogP contribution in [0.4, 0.5) is 4.39 Å². The summed E-state index contributed by atoms with van der Waals surface area (Å²) in [7, 11) is 0. The Balaban J connectivity index is 1.82. The van der Waals surface area contributed by atoms with Gasteiger partial charge in [-0.15, -0.1) is 0 Å². The first-order valence-corrected chi connectivity index (χ1v) is 13.2. The van der Waals surface area contributed by atoms with Crippen LogP contribution in [-0.4, -0.2) is 18.5 Å². The molecule has 0 unspecified atom stereocenters. The number of esters is 2. The summed E-state index contributed by atoms with van der Waals surface area (Å²) in [4.78, 5) is 23.5. The maximum atomic E-state index is 13.1. The van der Waals surface area contributed by atoms with Crippen LogP contribution in [-0.2, 0) is 14.3 Å². The molecule has 5 heteroatoms. The van der Waals surface area contributed by atoms with E-state index >= 15 is 0 Å². The van der Waals surface area contributed by atoms with Crippen LogP contribution >= 0.6 is 0 Å². The number of benzene rings is 1. The summed E-state index contributed by atoms with van der Waals surface area (Å²) >= 11 is 0. The lowest BCUT2D eigenvalue weighted by atomic mass is 10.1. The summed E-state index contributed by atoms with van der Waals surface area (Å²) < 4.78 is 23.5. The molecule has 0 saturated carbocycles. The fraction of sp³-hybridized carbons (Fsp3) is 0.714. The molecule has 33 heavy (non-hydrogen) atoms. The molecule has 0 aliphatic carbocycles. The van der Waals surface area contributed by atoms with E-state index in [2.05, 4.69) is 6.92 Å². The summed E-state index contributed by atoms with van der Waals surface area (Å²) in [6, 6.07) is 5.62. The van der Waals surface area contributed by atoms with Gasteiger partial charge in [-0.2, -0.15) is 0 Å². The van der Waals surface area contributed by atoms with E-state index < -0.39 is 5.82 Å². The SMILES string of the molecule is CCCCCCCCCCCCOC(=O)CCCCCCCCC(=O)Oc1cccc(F)c1. The fourth-order valence-corrected chi connectivity index (χ4v) is 3.81. The molecule has 4 nitrogen and oxygen atoms in total. The minimum atomic E-state index is -0.414. The summed E-state index contributed by atoms with van der Waals surface area (Å²) in [5.41, 5.74) is 0. The van der Waals surface area contributed by atoms with E-state index in [1.165, 1.54) is 69.6 Å². The third-order valence-electron chi connectivity index (χ3n) is 5.80. The molecule has 0 fully saturated rings. The number of carbonyl (C=O) groups is 2. The Morgan fingerprint density at radius 3 is 1.79 bits per heavy atom. The zero-order valence-electron chi connectivity index (χ0n) is 20.8. The molecule has 0 aliphatic rings. The van der Waals surface area contributed by atoms with Crippen LogP contribution in [0.25, 0.3) is 0 Å². The summed E-state index contributed by atoms with van der Waals surface area (Å²) in [5.74, 6) is -0.570. The van der Waals surface area contributed by atoms with Gasteiger partial charge in [0.15, 0.2) is 0 Å². The predicted octanol–water partition coefficient (Wildman–Crippen LogP) is 8.32. The number of rotatable bonds is 21. The van der Waals surface area contributed by atoms with Crippen molar-refractivity contribution in [2.45, 2.75) is 122 Å². The number of hydrogen-bond donors (Lipinski definition) is 0. The van der Waals surface area contributed by atoms with Crippen molar-refractivity contribution in [2.24, 2.45) is 0 Å². The molecule has 188 valence electrons. The van der Waals surface area contributed by atoms with Gasteiger partial charge in [0.05, 0.1) is 6.61 Å². The van der Waals surface area contributed by atoms with Gasteiger partial charge in [0.1, 0.15) is 11.6 Å². The van der Waals surface area contributed by atoms with Gasteiger partial charge >= 0.3 is 11.9 Å². The van der Waals surface area contributed by atoms with Crippen LogP contribution in [0.3, 0.4) is 0 Å². The second-order valence-corrected chi connectivity index (χ2v) is 8.96. The van der Waals surface area contributed by atoms with Crippen LogP contribution in [0.15, 0.2) is 24.3 Å². The molecule has 0 aliphatic heterocycles. The van der Waals surface area contributed by atoms with E-state index in [-0.39, 0.29) is 17.7 Å². The number of halogens is 1. The molecule has 1 aromatic rings. The Hall–Kier alpha value is -1.91. The molecule has 0 heterocycles. The van der Waals surface area contributed by atoms with E-state index in [0.29, 0.717) is 19.4 Å². The van der Waals surface area contributed by atoms with E-state index in [1.807, 2.05) is 0 Å². The van der Waals surface area contributed by atoms with E-state index in [4.69, 9.17) is 9.47 Å². The maximum Gasteiger partial charge on any atom is 0.311 e. The molecule has 0 atom stereocenters. The van der Waals surface area contributed by atoms with Crippen LogP contribution in [0.1, 0.15) is 122 Å². The lowest BCUT2D eigenvalue weighted by Gasteiger charge is -2.06. The first-order chi connectivity index (χ1) is 16.1. The minimum Gasteiger partial charge on any atom is -0.466 e. The molecule has 0 saturated heterocycles. The van der Waals surface area contributed by atoms with Crippen molar-refractivity contribution in [2.75, 3.05) is 6.61 Å². The molecule has 0 bridgehead atoms. The number of hydrogen-bond acceptors (Lipinski definition) is 4. The van der Waals surface area contributed by atoms with Gasteiger partial charge in [-0.3, -0.25) is 9.59 Å². The van der Waals surface area contributed by atoms with Crippen molar-refractivity contribution in [1.82, 2.24) is 0 Å². The van der Waals surface area contributed by atoms with Gasteiger partial charge in [-0.1, -0.05) is 96.5 Å². The molecule has 0 N–H and O–H groups in total. The van der Waals surface area contributed by atoms with Crippen molar-refractivity contribution >= 4 is 11.9 Å². The zero-order chi connectivity index (χ0) is 24.0. The van der Waals surface area contributed by atoms with E-state index in [1.54, 1.807) is 6.07 Å². The van der Waals surface area contributed by atoms with Gasteiger partial charge < -0.3 is 9.47 Å². The number of unbranched alkanes of at least 4 members (excludes halogenated alkanes) is 14. The highest BCUT2D eigenvalue weighted by Crippen LogP contribution is 2.15. The average Bonchev–Trinajstić information content (AvgIpc) is 2.79. The largest absolute Gasteiger partial charge is 0.466 e. The highest BCUT2D eigenvalue weighted by Gasteiger charge is 2.06. The standard InChI is InChI=1S/C28H45FO4/c1-2-3-4-5-6-7-8-11-14-17-23-32-27(30)21-15-12-9-10-13-16-22-28(31)33-26-20-18-19-25(29)24-26/h18-20,24H,2-17,21-23H2,1H3. The second-order valence-electron chi connectivity index (χ2n) is 8.96. The Kier molecular flexibility index (Phi) is 18.2. The van der Waals surface area contributed by atoms with Crippen LogP contribution in [0.5, 0.6) is 5.75 Å². The Morgan fingerprint density at radius 1 is 0.697 bits per heavy atom. The molecule has 0 radical (unpaired) electrons. The van der Waals surface area contributed by atoms with Gasteiger partial charge in [0.25, 0.3) is 0 Å². The van der Waals surface area contributed by atoms with Crippen molar-refractivity contribution in [3.8, 4) is 5.75 Å². The van der Waals surface area contributed by atoms with Crippen LogP contribution in [0, 0.1) is 5.82 Å². The molecule has 0 aromatic heterocycles. The average molecular weight is 465 g/mol. The quantitative estimate of drug-likeness (QED) is 0.104. The molecule has 0 spiro atoms. The first kappa shape index (κ1) is 29.1. The van der Waals surface area contributed by atoms with Gasteiger partial charge in [-0.25, -0.2) is 4.39 Å². The van der Waals surface area contributed by atoms with Gasteiger partial charge in [-0.05, 0) is 31.4 Å². The van der Waals surface area contributed by atoms with E-state index in [9.17, 15) is 14.0 Å². The fourth-order valence-electron chi connectivity index (χ4n) is 3.81. The van der Waals surface area contributed by atoms with Crippen molar-refractivity contribution in [3.63, 3.8) is 0 Å². The molecule has 1 rings (SSSR count). The maximum absolute atomic E-state index is 13.1. The molecule has 1 aromatic carbocycles. The molecular weight excluding hydrogens is 419 g/mol. The summed E-state index contributed by atoms with van der Waals surface area (Å²) in [5, 5.41) is 0. The monoisotopic (exact) mass is 464 g/mol. The topological polar surface area (TPSA) is 52.6 Å². The zero-order valence-corrected chi connectivity index (χ0v) is 20.8. The normalized spacial score (nSPS) is 10.8. The van der Waals surface area contributed by atoms with Crippen LogP contribution in [0.2, 0.25) is 0 Å². The predicted molar refractivity (Wildman–Crippen MR) is 132 cm³/mol. The summed E-state index contributed by atoms with van der Waals surface area (Å²) in [6.45, 7) is 2.80. The van der Waals surface area contributed by atoms with Crippen molar-refractivity contribution < 1.29 is 23.5 Å². The van der Waals surface area contributed by atoms with Crippen molar-refractivity contribution in [3.05, 3.63) is 30.1 Å². The van der Waals surface area contributed by atoms with Crippen LogP contribution < -0.4 is 4.74 Å². The Labute approximate surface area is 200 Å². The number of ether oxygens (including phenoxy) is 2. The van der Waals surface area contributed by atoms with Gasteiger partial charge in [0.2, 0.25) is 0 Å². The summed E-state index contributed by atoms with van der Waals surface area (Å²) in [6.07, 6.45) is 19.3. The minimum absolute atomic E-state index is 0.0778. The third-order valence-corrected chi connectivity index (χ3v) is 5.80.